The van der Waals surface area contributed by atoms with Gasteiger partial charge in [0.15, 0.2) is 0 Å². The minimum Gasteiger partial charge on any atom is -0.384 e. The molecule has 0 spiro atoms. The van der Waals surface area contributed by atoms with Gasteiger partial charge in [-0.1, -0.05) is 29.3 Å². The molecule has 0 saturated heterocycles. The van der Waals surface area contributed by atoms with Gasteiger partial charge in [0.1, 0.15) is 0 Å². The van der Waals surface area contributed by atoms with Crippen molar-refractivity contribution in [2.75, 3.05) is 13.7 Å². The van der Waals surface area contributed by atoms with E-state index in [0.717, 1.165) is 17.4 Å². The number of methoxy groups -OCH3 is 1. The molecule has 3 unspecified atom stereocenters. The van der Waals surface area contributed by atoms with Crippen molar-refractivity contribution in [2.24, 2.45) is 11.8 Å². The molecule has 1 rings (SSSR count). The third kappa shape index (κ3) is 2.45. The van der Waals surface area contributed by atoms with Crippen LogP contribution in [0.2, 0.25) is 0 Å². The highest BCUT2D eigenvalue weighted by Crippen LogP contribution is 2.36. The van der Waals surface area contributed by atoms with Crippen molar-refractivity contribution in [1.29, 1.82) is 0 Å². The third-order valence-corrected chi connectivity index (χ3v) is 3.78. The minimum absolute atomic E-state index is 0.715. The first kappa shape index (κ1) is 9.53. The zero-order valence-corrected chi connectivity index (χ0v) is 8.93. The normalized spacial score (nSPS) is 34.1. The standard InChI is InChI=1S/C9H17BrO/c1-7(6-11-2)8-4-3-5-9(8)10/h7-9H,3-6H2,1-2H3. The maximum Gasteiger partial charge on any atom is 0.0490 e. The predicted octanol–water partition coefficient (Wildman–Crippen LogP) is 2.83. The largest absolute Gasteiger partial charge is 0.384 e. The Bertz CT molecular complexity index is 116. The molecule has 0 aliphatic heterocycles. The van der Waals surface area contributed by atoms with Gasteiger partial charge in [-0.3, -0.25) is 0 Å². The summed E-state index contributed by atoms with van der Waals surface area (Å²) in [5.74, 6) is 1.56. The van der Waals surface area contributed by atoms with E-state index in [4.69, 9.17) is 4.74 Å². The Balaban J connectivity index is 2.33. The minimum atomic E-state index is 0.715. The average molecular weight is 221 g/mol. The van der Waals surface area contributed by atoms with Crippen LogP contribution in [0.3, 0.4) is 0 Å². The molecule has 1 aliphatic rings. The summed E-state index contributed by atoms with van der Waals surface area (Å²) < 4.78 is 5.14. The number of alkyl halides is 1. The van der Waals surface area contributed by atoms with Crippen molar-refractivity contribution in [3.8, 4) is 0 Å². The van der Waals surface area contributed by atoms with Crippen LogP contribution < -0.4 is 0 Å². The first-order valence-corrected chi connectivity index (χ1v) is 5.30. The molecule has 1 saturated carbocycles. The van der Waals surface area contributed by atoms with E-state index < -0.39 is 0 Å². The fourth-order valence-electron chi connectivity index (χ4n) is 1.97. The van der Waals surface area contributed by atoms with E-state index in [0.29, 0.717) is 5.92 Å². The molecule has 0 aromatic rings. The number of halogens is 1. The van der Waals surface area contributed by atoms with Gasteiger partial charge in [-0.2, -0.15) is 0 Å². The van der Waals surface area contributed by atoms with Crippen LogP contribution in [0.1, 0.15) is 26.2 Å². The highest BCUT2D eigenvalue weighted by atomic mass is 79.9. The van der Waals surface area contributed by atoms with Crippen molar-refractivity contribution < 1.29 is 4.74 Å². The Hall–Kier alpha value is 0.440. The van der Waals surface area contributed by atoms with Gasteiger partial charge in [-0.25, -0.2) is 0 Å². The lowest BCUT2D eigenvalue weighted by Crippen LogP contribution is -2.20. The van der Waals surface area contributed by atoms with Gasteiger partial charge < -0.3 is 4.74 Å². The number of hydrogen-bond acceptors (Lipinski definition) is 1. The molecular formula is C9H17BrO. The second-order valence-corrected chi connectivity index (χ2v) is 4.72. The Morgan fingerprint density at radius 1 is 1.55 bits per heavy atom. The maximum atomic E-state index is 5.14. The second-order valence-electron chi connectivity index (χ2n) is 3.54. The molecule has 3 atom stereocenters. The van der Waals surface area contributed by atoms with Crippen molar-refractivity contribution in [3.05, 3.63) is 0 Å². The molecule has 0 radical (unpaired) electrons. The van der Waals surface area contributed by atoms with Crippen molar-refractivity contribution in [1.82, 2.24) is 0 Å². The van der Waals surface area contributed by atoms with Crippen molar-refractivity contribution in [3.63, 3.8) is 0 Å². The van der Waals surface area contributed by atoms with Crippen LogP contribution in [0.25, 0.3) is 0 Å². The summed E-state index contributed by atoms with van der Waals surface area (Å²) in [6, 6.07) is 0. The number of hydrogen-bond donors (Lipinski definition) is 0. The van der Waals surface area contributed by atoms with Crippen molar-refractivity contribution in [2.45, 2.75) is 31.0 Å². The molecule has 11 heavy (non-hydrogen) atoms. The lowest BCUT2D eigenvalue weighted by molar-refractivity contribution is 0.132. The van der Waals surface area contributed by atoms with E-state index in [9.17, 15) is 0 Å². The number of rotatable bonds is 3. The highest BCUT2D eigenvalue weighted by molar-refractivity contribution is 9.09. The summed E-state index contributed by atoms with van der Waals surface area (Å²) in [6.45, 7) is 3.19. The van der Waals surface area contributed by atoms with Gasteiger partial charge in [-0.05, 0) is 24.7 Å². The predicted molar refractivity (Wildman–Crippen MR) is 51.1 cm³/mol. The van der Waals surface area contributed by atoms with Crippen LogP contribution in [-0.4, -0.2) is 18.5 Å². The van der Waals surface area contributed by atoms with Gasteiger partial charge in [-0.15, -0.1) is 0 Å². The molecule has 1 nitrogen and oxygen atoms in total. The lowest BCUT2D eigenvalue weighted by Gasteiger charge is -2.21. The molecule has 0 aromatic carbocycles. The Labute approximate surface area is 77.6 Å². The zero-order valence-electron chi connectivity index (χ0n) is 7.35. The Morgan fingerprint density at radius 2 is 2.27 bits per heavy atom. The summed E-state index contributed by atoms with van der Waals surface area (Å²) in [4.78, 5) is 0.743. The van der Waals surface area contributed by atoms with Gasteiger partial charge in [0, 0.05) is 18.5 Å². The van der Waals surface area contributed by atoms with Gasteiger partial charge in [0.2, 0.25) is 0 Å². The smallest absolute Gasteiger partial charge is 0.0490 e. The summed E-state index contributed by atoms with van der Waals surface area (Å²) in [6.07, 6.45) is 4.10. The molecule has 2 heteroatoms. The monoisotopic (exact) mass is 220 g/mol. The molecule has 0 amide bonds. The van der Waals surface area contributed by atoms with E-state index in [2.05, 4.69) is 22.9 Å². The first-order chi connectivity index (χ1) is 5.25. The van der Waals surface area contributed by atoms with Gasteiger partial charge >= 0.3 is 0 Å². The fraction of sp³-hybridized carbons (Fsp3) is 1.00. The zero-order chi connectivity index (χ0) is 8.27. The SMILES string of the molecule is COCC(C)C1CCCC1Br. The summed E-state index contributed by atoms with van der Waals surface area (Å²) in [5.41, 5.74) is 0. The van der Waals surface area contributed by atoms with E-state index >= 15 is 0 Å². The molecule has 0 aromatic heterocycles. The van der Waals surface area contributed by atoms with Crippen LogP contribution in [0.15, 0.2) is 0 Å². The lowest BCUT2D eigenvalue weighted by atomic mass is 9.93. The summed E-state index contributed by atoms with van der Waals surface area (Å²) >= 11 is 3.72. The van der Waals surface area contributed by atoms with E-state index in [-0.39, 0.29) is 0 Å². The molecular weight excluding hydrogens is 204 g/mol. The van der Waals surface area contributed by atoms with Gasteiger partial charge in [0.25, 0.3) is 0 Å². The van der Waals surface area contributed by atoms with Crippen molar-refractivity contribution >= 4 is 15.9 Å². The van der Waals surface area contributed by atoms with Crippen LogP contribution >= 0.6 is 15.9 Å². The third-order valence-electron chi connectivity index (χ3n) is 2.64. The molecule has 0 N–H and O–H groups in total. The molecule has 1 aliphatic carbocycles. The molecule has 66 valence electrons. The van der Waals surface area contributed by atoms with Crippen LogP contribution in [0.4, 0.5) is 0 Å². The van der Waals surface area contributed by atoms with Crippen LogP contribution in [0, 0.1) is 11.8 Å². The summed E-state index contributed by atoms with van der Waals surface area (Å²) in [7, 11) is 1.79. The quantitative estimate of drug-likeness (QED) is 0.666. The number of ether oxygens (including phenoxy) is 1. The first-order valence-electron chi connectivity index (χ1n) is 4.38. The van der Waals surface area contributed by atoms with Crippen LogP contribution in [-0.2, 0) is 4.74 Å². The van der Waals surface area contributed by atoms with E-state index in [1.165, 1.54) is 19.3 Å². The topological polar surface area (TPSA) is 9.23 Å². The van der Waals surface area contributed by atoms with Crippen LogP contribution in [0.5, 0.6) is 0 Å². The molecule has 0 heterocycles. The molecule has 0 bridgehead atoms. The van der Waals surface area contributed by atoms with Gasteiger partial charge in [0.05, 0.1) is 0 Å². The Morgan fingerprint density at radius 3 is 2.73 bits per heavy atom. The summed E-state index contributed by atoms with van der Waals surface area (Å²) in [5, 5.41) is 0. The Kier molecular flexibility index (Phi) is 3.86. The highest BCUT2D eigenvalue weighted by Gasteiger charge is 2.29. The fourth-order valence-corrected chi connectivity index (χ4v) is 3.08. The molecule has 1 fully saturated rings. The maximum absolute atomic E-state index is 5.14. The van der Waals surface area contributed by atoms with E-state index in [1.807, 2.05) is 0 Å². The average Bonchev–Trinajstić information content (AvgIpc) is 2.36. The second kappa shape index (κ2) is 4.46. The van der Waals surface area contributed by atoms with E-state index in [1.54, 1.807) is 7.11 Å².